The van der Waals surface area contributed by atoms with E-state index in [4.69, 9.17) is 16.3 Å². The van der Waals surface area contributed by atoms with E-state index in [0.717, 1.165) is 26.9 Å². The van der Waals surface area contributed by atoms with E-state index in [1.54, 1.807) is 24.3 Å². The van der Waals surface area contributed by atoms with Crippen molar-refractivity contribution in [2.45, 2.75) is 25.7 Å². The van der Waals surface area contributed by atoms with Gasteiger partial charge in [0.15, 0.2) is 0 Å². The third-order valence-corrected chi connectivity index (χ3v) is 8.40. The summed E-state index contributed by atoms with van der Waals surface area (Å²) in [6.45, 7) is 4.70. The Hall–Kier alpha value is -4.61. The van der Waals surface area contributed by atoms with Crippen LogP contribution in [0.15, 0.2) is 88.9 Å². The van der Waals surface area contributed by atoms with E-state index in [2.05, 4.69) is 15.8 Å². The molecule has 1 aromatic heterocycles. The molecule has 42 heavy (non-hydrogen) atoms. The number of hydrazone groups is 1. The Kier molecular flexibility index (Phi) is 9.34. The van der Waals surface area contributed by atoms with Crippen LogP contribution in [0.2, 0.25) is 5.02 Å². The maximum Gasteiger partial charge on any atom is 0.264 e. The van der Waals surface area contributed by atoms with E-state index in [0.29, 0.717) is 16.5 Å². The van der Waals surface area contributed by atoms with Gasteiger partial charge in [0.05, 0.1) is 23.9 Å². The van der Waals surface area contributed by atoms with E-state index >= 15 is 0 Å². The van der Waals surface area contributed by atoms with Crippen LogP contribution < -0.4 is 19.8 Å². The number of anilines is 2. The number of carbonyl (C=O) groups excluding carboxylic acids is 2. The fraction of sp³-hybridized carbons (Fsp3) is 0.167. The van der Waals surface area contributed by atoms with Crippen molar-refractivity contribution in [3.63, 3.8) is 0 Å². The zero-order valence-corrected chi connectivity index (χ0v) is 25.0. The highest BCUT2D eigenvalue weighted by molar-refractivity contribution is 7.92. The number of sulfonamides is 1. The van der Waals surface area contributed by atoms with E-state index in [1.807, 2.05) is 48.7 Å². The van der Waals surface area contributed by atoms with Gasteiger partial charge < -0.3 is 14.6 Å². The maximum absolute atomic E-state index is 13.7. The number of hydrogen-bond donors (Lipinski definition) is 2. The second kappa shape index (κ2) is 12.9. The van der Waals surface area contributed by atoms with Crippen molar-refractivity contribution in [2.75, 3.05) is 23.3 Å². The Morgan fingerprint density at radius 2 is 1.64 bits per heavy atom. The van der Waals surface area contributed by atoms with Crippen LogP contribution in [0.5, 0.6) is 5.75 Å². The normalized spacial score (nSPS) is 11.4. The number of hydrogen-bond acceptors (Lipinski definition) is 6. The lowest BCUT2D eigenvalue weighted by Crippen LogP contribution is -2.39. The summed E-state index contributed by atoms with van der Waals surface area (Å²) < 4.78 is 35.5. The zero-order valence-electron chi connectivity index (χ0n) is 23.5. The highest BCUT2D eigenvalue weighted by Crippen LogP contribution is 2.27. The van der Waals surface area contributed by atoms with E-state index in [-0.39, 0.29) is 16.5 Å². The van der Waals surface area contributed by atoms with Crippen molar-refractivity contribution < 1.29 is 22.7 Å². The molecule has 0 fully saturated rings. The summed E-state index contributed by atoms with van der Waals surface area (Å²) in [5.41, 5.74) is 6.71. The molecule has 1 heterocycles. The highest BCUT2D eigenvalue weighted by Gasteiger charge is 2.27. The number of methoxy groups -OCH3 is 1. The van der Waals surface area contributed by atoms with Gasteiger partial charge in [-0.25, -0.2) is 13.8 Å². The fourth-order valence-electron chi connectivity index (χ4n) is 4.35. The lowest BCUT2D eigenvalue weighted by molar-refractivity contribution is -0.119. The predicted molar refractivity (Wildman–Crippen MR) is 164 cm³/mol. The molecule has 2 N–H and O–H groups in total. The third-order valence-electron chi connectivity index (χ3n) is 6.36. The number of rotatable bonds is 10. The second-order valence-corrected chi connectivity index (χ2v) is 11.6. The fourth-order valence-corrected chi connectivity index (χ4v) is 5.90. The van der Waals surface area contributed by atoms with Crippen molar-refractivity contribution in [3.8, 4) is 11.4 Å². The van der Waals surface area contributed by atoms with Crippen LogP contribution in [-0.4, -0.2) is 44.7 Å². The molecule has 0 spiro atoms. The quantitative estimate of drug-likeness (QED) is 0.193. The molecule has 0 aliphatic heterocycles. The lowest BCUT2D eigenvalue weighted by Gasteiger charge is -2.24. The molecule has 0 aliphatic carbocycles. The molecular weight excluding hydrogens is 578 g/mol. The number of aromatic nitrogens is 1. The summed E-state index contributed by atoms with van der Waals surface area (Å²) in [7, 11) is -2.68. The molecular formula is C30H30ClN5O5S. The molecule has 0 bridgehead atoms. The molecule has 4 aromatic rings. The van der Waals surface area contributed by atoms with Crippen molar-refractivity contribution in [3.05, 3.63) is 101 Å². The first-order chi connectivity index (χ1) is 20.0. The number of aryl methyl sites for hydroxylation is 1. The van der Waals surface area contributed by atoms with Crippen LogP contribution in [0, 0.1) is 13.8 Å². The van der Waals surface area contributed by atoms with Crippen LogP contribution >= 0.6 is 11.6 Å². The standard InChI is InChI=1S/C30H30ClN5O5S/c1-20-17-23(21(2)36(20)27-9-5-24(31)6-10-27)18-32-34-30(38)19-35(26-11-13-28(41-4)14-12-26)42(39,40)29-15-7-25(8-16-29)33-22(3)37/h5-18H,19H2,1-4H3,(H,33,37)(H,34,38)/b32-18+. The minimum Gasteiger partial charge on any atom is -0.497 e. The minimum absolute atomic E-state index is 0.0571. The monoisotopic (exact) mass is 607 g/mol. The van der Waals surface area contributed by atoms with Gasteiger partial charge in [0.2, 0.25) is 5.91 Å². The number of amides is 2. The molecule has 0 radical (unpaired) electrons. The summed E-state index contributed by atoms with van der Waals surface area (Å²) >= 11 is 6.03. The van der Waals surface area contributed by atoms with Gasteiger partial charge in [-0.05, 0) is 92.7 Å². The van der Waals surface area contributed by atoms with Crippen molar-refractivity contribution >= 4 is 51.0 Å². The summed E-state index contributed by atoms with van der Waals surface area (Å²) in [4.78, 5) is 24.3. The summed E-state index contributed by atoms with van der Waals surface area (Å²) in [6.07, 6.45) is 1.51. The average Bonchev–Trinajstić information content (AvgIpc) is 3.24. The van der Waals surface area contributed by atoms with Crippen LogP contribution in [-0.2, 0) is 19.6 Å². The molecule has 2 amide bonds. The van der Waals surface area contributed by atoms with E-state index in [1.165, 1.54) is 44.5 Å². The number of nitrogens with zero attached hydrogens (tertiary/aromatic N) is 3. The largest absolute Gasteiger partial charge is 0.497 e. The summed E-state index contributed by atoms with van der Waals surface area (Å²) in [5, 5.41) is 7.33. The Morgan fingerprint density at radius 3 is 2.24 bits per heavy atom. The van der Waals surface area contributed by atoms with Crippen LogP contribution in [0.3, 0.4) is 0 Å². The zero-order chi connectivity index (χ0) is 30.4. The maximum atomic E-state index is 13.7. The minimum atomic E-state index is -4.18. The van der Waals surface area contributed by atoms with Gasteiger partial charge in [-0.1, -0.05) is 11.6 Å². The first kappa shape index (κ1) is 30.4. The smallest absolute Gasteiger partial charge is 0.264 e. The van der Waals surface area contributed by atoms with Gasteiger partial charge >= 0.3 is 0 Å². The van der Waals surface area contributed by atoms with E-state index in [9.17, 15) is 18.0 Å². The van der Waals surface area contributed by atoms with Crippen LogP contribution in [0.25, 0.3) is 5.69 Å². The molecule has 0 aliphatic rings. The van der Waals surface area contributed by atoms with Crippen LogP contribution in [0.4, 0.5) is 11.4 Å². The molecule has 10 nitrogen and oxygen atoms in total. The second-order valence-electron chi connectivity index (χ2n) is 9.35. The topological polar surface area (TPSA) is 122 Å². The Morgan fingerprint density at radius 1 is 1.00 bits per heavy atom. The SMILES string of the molecule is COc1ccc(N(CC(=O)N/N=C/c2cc(C)n(-c3ccc(Cl)cc3)c2C)S(=O)(=O)c2ccc(NC(C)=O)cc2)cc1. The lowest BCUT2D eigenvalue weighted by atomic mass is 10.2. The third kappa shape index (κ3) is 6.99. The van der Waals surface area contributed by atoms with Crippen molar-refractivity contribution in [1.29, 1.82) is 0 Å². The van der Waals surface area contributed by atoms with Crippen molar-refractivity contribution in [2.24, 2.45) is 5.10 Å². The number of benzene rings is 3. The number of nitrogens with one attached hydrogen (secondary N) is 2. The number of ether oxygens (including phenoxy) is 1. The van der Waals surface area contributed by atoms with Gasteiger partial charge in [-0.2, -0.15) is 5.10 Å². The van der Waals surface area contributed by atoms with Crippen LogP contribution in [0.1, 0.15) is 23.9 Å². The van der Waals surface area contributed by atoms with Crippen molar-refractivity contribution in [1.82, 2.24) is 9.99 Å². The number of halogens is 1. The molecule has 0 atom stereocenters. The molecule has 218 valence electrons. The first-order valence-electron chi connectivity index (χ1n) is 12.8. The van der Waals surface area contributed by atoms with Gasteiger partial charge in [-0.15, -0.1) is 0 Å². The summed E-state index contributed by atoms with van der Waals surface area (Å²) in [5.74, 6) is -0.400. The molecule has 0 unspecified atom stereocenters. The van der Waals surface area contributed by atoms with Gasteiger partial charge in [0.1, 0.15) is 12.3 Å². The molecule has 4 rings (SSSR count). The van der Waals surface area contributed by atoms with Gasteiger partial charge in [0, 0.05) is 40.3 Å². The molecule has 0 saturated heterocycles. The summed E-state index contributed by atoms with van der Waals surface area (Å²) in [6, 6.07) is 21.3. The average molecular weight is 608 g/mol. The molecule has 12 heteroatoms. The van der Waals surface area contributed by atoms with Gasteiger partial charge in [-0.3, -0.25) is 13.9 Å². The highest BCUT2D eigenvalue weighted by atomic mass is 35.5. The Labute approximate surface area is 249 Å². The predicted octanol–water partition coefficient (Wildman–Crippen LogP) is 5.06. The van der Waals surface area contributed by atoms with Gasteiger partial charge in [0.25, 0.3) is 15.9 Å². The Balaban J connectivity index is 1.55. The van der Waals surface area contributed by atoms with E-state index < -0.39 is 22.5 Å². The Bertz CT molecular complexity index is 1720. The number of carbonyl (C=O) groups is 2. The molecule has 0 saturated carbocycles. The molecule has 3 aromatic carbocycles. The first-order valence-corrected chi connectivity index (χ1v) is 14.6.